The second kappa shape index (κ2) is 8.90. The predicted octanol–water partition coefficient (Wildman–Crippen LogP) is 4.42. The van der Waals surface area contributed by atoms with Gasteiger partial charge in [0, 0.05) is 36.0 Å². The molecule has 2 N–H and O–H groups in total. The Labute approximate surface area is 219 Å². The molecule has 1 aliphatic rings. The first-order valence-electron chi connectivity index (χ1n) is 12.1. The number of hydrogen-bond donors (Lipinski definition) is 2. The van der Waals surface area contributed by atoms with Crippen LogP contribution in [0.3, 0.4) is 0 Å². The van der Waals surface area contributed by atoms with Crippen LogP contribution >= 0.6 is 0 Å². The highest BCUT2D eigenvalue weighted by Crippen LogP contribution is 2.45. The molecule has 8 nitrogen and oxygen atoms in total. The number of nitrogens with one attached hydrogen (secondary N) is 1. The second-order valence-corrected chi connectivity index (χ2v) is 11.2. The van der Waals surface area contributed by atoms with Crippen LogP contribution in [0.1, 0.15) is 17.2 Å². The van der Waals surface area contributed by atoms with E-state index in [0.717, 1.165) is 15.1 Å². The molecular weight excluding hydrogens is 502 g/mol. The third-order valence-corrected chi connectivity index (χ3v) is 8.52. The lowest BCUT2D eigenvalue weighted by Gasteiger charge is -2.33. The lowest BCUT2D eigenvalue weighted by molar-refractivity contribution is 0.0449. The topological polar surface area (TPSA) is 103 Å². The van der Waals surface area contributed by atoms with Crippen LogP contribution in [-0.4, -0.2) is 28.3 Å². The van der Waals surface area contributed by atoms with Gasteiger partial charge in [-0.05, 0) is 36.8 Å². The highest BCUT2D eigenvalue weighted by atomic mass is 32.2. The van der Waals surface area contributed by atoms with Gasteiger partial charge in [0.05, 0.1) is 10.6 Å². The number of pyridine rings is 1. The SMILES string of the molecule is Cc1ccc(S(=O)(=O)n2ccc3c(-c4cccc5c4OC(c4ccccc4)C(O)N5)cn(C)c(=O)c32)cc1. The average Bonchev–Trinajstić information content (AvgIpc) is 3.37. The molecule has 38 heavy (non-hydrogen) atoms. The summed E-state index contributed by atoms with van der Waals surface area (Å²) < 4.78 is 35.9. The van der Waals surface area contributed by atoms with Gasteiger partial charge >= 0.3 is 0 Å². The van der Waals surface area contributed by atoms with E-state index in [9.17, 15) is 18.3 Å². The number of anilines is 1. The molecule has 0 fully saturated rings. The lowest BCUT2D eigenvalue weighted by atomic mass is 9.99. The fourth-order valence-electron chi connectivity index (χ4n) is 4.88. The molecule has 6 rings (SSSR count). The maximum atomic E-state index is 13.6. The zero-order valence-corrected chi connectivity index (χ0v) is 21.5. The highest BCUT2D eigenvalue weighted by Gasteiger charge is 2.32. The number of para-hydroxylation sites is 1. The number of benzene rings is 3. The molecule has 5 aromatic rings. The largest absolute Gasteiger partial charge is 0.478 e. The number of aromatic nitrogens is 2. The Hall–Kier alpha value is -4.34. The molecule has 2 atom stereocenters. The number of nitrogens with zero attached hydrogens (tertiary/aromatic N) is 2. The Morgan fingerprint density at radius 2 is 1.66 bits per heavy atom. The summed E-state index contributed by atoms with van der Waals surface area (Å²) >= 11 is 0. The average molecular weight is 528 g/mol. The Bertz CT molecular complexity index is 1840. The van der Waals surface area contributed by atoms with Crippen molar-refractivity contribution < 1.29 is 18.3 Å². The Morgan fingerprint density at radius 1 is 0.921 bits per heavy atom. The van der Waals surface area contributed by atoms with Crippen LogP contribution in [0.15, 0.2) is 101 Å². The third kappa shape index (κ3) is 3.79. The van der Waals surface area contributed by atoms with Crippen molar-refractivity contribution in [3.8, 4) is 16.9 Å². The summed E-state index contributed by atoms with van der Waals surface area (Å²) in [6, 6.07) is 23.0. The lowest BCUT2D eigenvalue weighted by Crippen LogP contribution is -2.35. The van der Waals surface area contributed by atoms with E-state index in [0.29, 0.717) is 28.0 Å². The van der Waals surface area contributed by atoms with Crippen LogP contribution < -0.4 is 15.6 Å². The van der Waals surface area contributed by atoms with Crippen molar-refractivity contribution in [2.75, 3.05) is 5.32 Å². The van der Waals surface area contributed by atoms with Crippen molar-refractivity contribution in [3.05, 3.63) is 113 Å². The van der Waals surface area contributed by atoms with Crippen LogP contribution in [0.4, 0.5) is 5.69 Å². The number of fused-ring (bicyclic) bond motifs is 2. The molecule has 0 saturated heterocycles. The van der Waals surface area contributed by atoms with Crippen molar-refractivity contribution >= 4 is 26.6 Å². The van der Waals surface area contributed by atoms with Crippen LogP contribution in [0.5, 0.6) is 5.75 Å². The zero-order chi connectivity index (χ0) is 26.6. The van der Waals surface area contributed by atoms with E-state index in [1.165, 1.54) is 22.9 Å². The maximum absolute atomic E-state index is 13.6. The van der Waals surface area contributed by atoms with Crippen LogP contribution in [0.25, 0.3) is 22.0 Å². The van der Waals surface area contributed by atoms with E-state index >= 15 is 0 Å². The fourth-order valence-corrected chi connectivity index (χ4v) is 6.22. The van der Waals surface area contributed by atoms with Gasteiger partial charge in [-0.25, -0.2) is 12.4 Å². The van der Waals surface area contributed by atoms with Crippen LogP contribution in [-0.2, 0) is 17.1 Å². The quantitative estimate of drug-likeness (QED) is 0.359. The minimum atomic E-state index is -4.02. The number of ether oxygens (including phenoxy) is 1. The Balaban J connectivity index is 1.54. The number of hydrogen-bond acceptors (Lipinski definition) is 6. The van der Waals surface area contributed by atoms with E-state index < -0.39 is 27.9 Å². The van der Waals surface area contributed by atoms with Gasteiger partial charge < -0.3 is 19.7 Å². The molecule has 0 radical (unpaired) electrons. The summed E-state index contributed by atoms with van der Waals surface area (Å²) in [5.74, 6) is 0.501. The van der Waals surface area contributed by atoms with Gasteiger partial charge in [-0.3, -0.25) is 4.79 Å². The molecule has 0 spiro atoms. The molecule has 3 heterocycles. The van der Waals surface area contributed by atoms with Gasteiger partial charge in [-0.2, -0.15) is 0 Å². The highest BCUT2D eigenvalue weighted by molar-refractivity contribution is 7.90. The summed E-state index contributed by atoms with van der Waals surface area (Å²) in [6.45, 7) is 1.88. The van der Waals surface area contributed by atoms with E-state index in [1.54, 1.807) is 37.5 Å². The monoisotopic (exact) mass is 527 g/mol. The molecule has 0 amide bonds. The molecular formula is C29H25N3O5S. The summed E-state index contributed by atoms with van der Waals surface area (Å²) in [6.07, 6.45) is 1.45. The van der Waals surface area contributed by atoms with Crippen LogP contribution in [0.2, 0.25) is 0 Å². The minimum Gasteiger partial charge on any atom is -0.478 e. The van der Waals surface area contributed by atoms with Crippen LogP contribution in [0, 0.1) is 6.92 Å². The number of aliphatic hydroxyl groups is 1. The first kappa shape index (κ1) is 24.0. The van der Waals surface area contributed by atoms with Gasteiger partial charge in [0.1, 0.15) is 5.52 Å². The van der Waals surface area contributed by atoms with Gasteiger partial charge in [0.2, 0.25) is 0 Å². The summed E-state index contributed by atoms with van der Waals surface area (Å²) in [7, 11) is -2.43. The van der Waals surface area contributed by atoms with E-state index in [4.69, 9.17) is 4.74 Å². The van der Waals surface area contributed by atoms with Gasteiger partial charge in [0.15, 0.2) is 18.1 Å². The summed E-state index contributed by atoms with van der Waals surface area (Å²) in [5.41, 5.74) is 3.22. The molecule has 0 bridgehead atoms. The van der Waals surface area contributed by atoms with E-state index in [1.807, 2.05) is 49.4 Å². The van der Waals surface area contributed by atoms with E-state index in [-0.39, 0.29) is 10.4 Å². The van der Waals surface area contributed by atoms with Gasteiger partial charge in [-0.15, -0.1) is 0 Å². The predicted molar refractivity (Wildman–Crippen MR) is 146 cm³/mol. The second-order valence-electron chi connectivity index (χ2n) is 9.37. The van der Waals surface area contributed by atoms with E-state index in [2.05, 4.69) is 5.32 Å². The molecule has 0 aliphatic carbocycles. The maximum Gasteiger partial charge on any atom is 0.275 e. The number of rotatable bonds is 4. The summed E-state index contributed by atoms with van der Waals surface area (Å²) in [4.78, 5) is 13.4. The third-order valence-electron chi connectivity index (χ3n) is 6.83. The summed E-state index contributed by atoms with van der Waals surface area (Å²) in [5, 5.41) is 14.3. The molecule has 1 aliphatic heterocycles. The standard InChI is InChI=1S/C29H25N3O5S/c1-18-11-13-20(14-12-18)38(35,36)32-16-15-21-23(17-31(2)29(34)25(21)32)22-9-6-10-24-27(22)37-26(28(33)30-24)19-7-4-3-5-8-19/h3-17,26,28,30,33H,1-2H3. The van der Waals surface area contributed by atoms with Crippen molar-refractivity contribution in [2.24, 2.45) is 7.05 Å². The molecule has 192 valence electrons. The molecule has 3 aromatic carbocycles. The Kier molecular flexibility index (Phi) is 5.62. The van der Waals surface area contributed by atoms with Gasteiger partial charge in [0.25, 0.3) is 15.6 Å². The van der Waals surface area contributed by atoms with Crippen molar-refractivity contribution in [1.82, 2.24) is 8.54 Å². The fraction of sp³-hybridized carbons (Fsp3) is 0.138. The van der Waals surface area contributed by atoms with Crippen molar-refractivity contribution in [2.45, 2.75) is 24.2 Å². The molecule has 0 saturated carbocycles. The normalized spacial score (nSPS) is 17.0. The minimum absolute atomic E-state index is 0.0478. The van der Waals surface area contributed by atoms with Crippen molar-refractivity contribution in [1.29, 1.82) is 0 Å². The molecule has 9 heteroatoms. The number of aliphatic hydroxyl groups excluding tert-OH is 1. The van der Waals surface area contributed by atoms with Crippen molar-refractivity contribution in [3.63, 3.8) is 0 Å². The first-order valence-corrected chi connectivity index (χ1v) is 13.5. The number of aryl methyl sites for hydroxylation is 2. The first-order chi connectivity index (χ1) is 18.3. The zero-order valence-electron chi connectivity index (χ0n) is 20.7. The molecule has 2 aromatic heterocycles. The Morgan fingerprint density at radius 3 is 2.39 bits per heavy atom. The van der Waals surface area contributed by atoms with Gasteiger partial charge in [-0.1, -0.05) is 60.2 Å². The smallest absolute Gasteiger partial charge is 0.275 e. The molecule has 2 unspecified atom stereocenters.